The van der Waals surface area contributed by atoms with Crippen LogP contribution in [0.15, 0.2) is 45.6 Å². The number of hydrogen-bond acceptors (Lipinski definition) is 5. The van der Waals surface area contributed by atoms with E-state index in [1.54, 1.807) is 37.3 Å². The molecule has 2 aromatic carbocycles. The van der Waals surface area contributed by atoms with Gasteiger partial charge in [-0.05, 0) is 25.1 Å². The van der Waals surface area contributed by atoms with Crippen LogP contribution < -0.4 is 20.5 Å². The van der Waals surface area contributed by atoms with Gasteiger partial charge in [-0.15, -0.1) is 0 Å². The lowest BCUT2D eigenvalue weighted by atomic mass is 10.2. The van der Waals surface area contributed by atoms with Gasteiger partial charge in [0.2, 0.25) is 5.91 Å². The molecule has 1 aromatic heterocycles. The second-order valence-corrected chi connectivity index (χ2v) is 5.97. The third kappa shape index (κ3) is 3.13. The van der Waals surface area contributed by atoms with Crippen LogP contribution in [0.5, 0.6) is 11.5 Å². The van der Waals surface area contributed by atoms with E-state index in [1.807, 2.05) is 0 Å². The zero-order valence-corrected chi connectivity index (χ0v) is 15.2. The standard InChI is InChI=1S/C18H17ClN2O5/c1-10(21-13-6-4-5-7-14(13)26-18(21)23)17(22)20-12-8-11(19)15(24-2)9-16(12)25-3/h4-10H,1-3H3,(H,20,22). The summed E-state index contributed by atoms with van der Waals surface area (Å²) in [5, 5.41) is 3.05. The highest BCUT2D eigenvalue weighted by atomic mass is 35.5. The molecule has 1 atom stereocenters. The number of amides is 1. The second kappa shape index (κ2) is 7.13. The zero-order valence-electron chi connectivity index (χ0n) is 14.4. The van der Waals surface area contributed by atoms with Gasteiger partial charge in [-0.3, -0.25) is 9.36 Å². The van der Waals surface area contributed by atoms with Crippen molar-refractivity contribution in [2.24, 2.45) is 0 Å². The summed E-state index contributed by atoms with van der Waals surface area (Å²) in [7, 11) is 2.95. The van der Waals surface area contributed by atoms with Gasteiger partial charge in [-0.2, -0.15) is 0 Å². The first-order chi connectivity index (χ1) is 12.5. The molecule has 0 saturated heterocycles. The lowest BCUT2D eigenvalue weighted by Gasteiger charge is -2.16. The molecular formula is C18H17ClN2O5. The van der Waals surface area contributed by atoms with Crippen LogP contribution in [-0.2, 0) is 4.79 Å². The Labute approximate surface area is 154 Å². The minimum absolute atomic E-state index is 0.321. The largest absolute Gasteiger partial charge is 0.495 e. The van der Waals surface area contributed by atoms with E-state index in [9.17, 15) is 9.59 Å². The van der Waals surface area contributed by atoms with Gasteiger partial charge in [0, 0.05) is 6.07 Å². The third-order valence-corrected chi connectivity index (χ3v) is 4.31. The number of carbonyl (C=O) groups is 1. The predicted molar refractivity (Wildman–Crippen MR) is 98.4 cm³/mol. The fourth-order valence-electron chi connectivity index (χ4n) is 2.66. The van der Waals surface area contributed by atoms with Crippen LogP contribution in [-0.4, -0.2) is 24.7 Å². The monoisotopic (exact) mass is 376 g/mol. The molecule has 0 fully saturated rings. The number of hydrogen-bond donors (Lipinski definition) is 1. The normalized spacial score (nSPS) is 12.0. The summed E-state index contributed by atoms with van der Waals surface area (Å²) in [5.41, 5.74) is 1.33. The molecule has 8 heteroatoms. The number of anilines is 1. The molecule has 1 unspecified atom stereocenters. The maximum absolute atomic E-state index is 12.7. The number of para-hydroxylation sites is 2. The van der Waals surface area contributed by atoms with E-state index in [1.165, 1.54) is 24.9 Å². The SMILES string of the molecule is COc1cc(OC)c(NC(=O)C(C)n2c(=O)oc3ccccc32)cc1Cl. The van der Waals surface area contributed by atoms with Crippen LogP contribution in [0, 0.1) is 0 Å². The van der Waals surface area contributed by atoms with Crippen molar-refractivity contribution in [3.8, 4) is 11.5 Å². The van der Waals surface area contributed by atoms with Crippen molar-refractivity contribution in [1.82, 2.24) is 4.57 Å². The van der Waals surface area contributed by atoms with Gasteiger partial charge in [0.1, 0.15) is 17.5 Å². The molecule has 0 radical (unpaired) electrons. The molecule has 3 aromatic rings. The number of halogens is 1. The van der Waals surface area contributed by atoms with Gasteiger partial charge in [0.25, 0.3) is 0 Å². The Hall–Kier alpha value is -2.93. The van der Waals surface area contributed by atoms with Crippen LogP contribution in [0.3, 0.4) is 0 Å². The maximum atomic E-state index is 12.7. The minimum atomic E-state index is -0.809. The molecule has 0 aliphatic carbocycles. The van der Waals surface area contributed by atoms with Crippen molar-refractivity contribution < 1.29 is 18.7 Å². The Morgan fingerprint density at radius 1 is 1.19 bits per heavy atom. The molecular weight excluding hydrogens is 360 g/mol. The van der Waals surface area contributed by atoms with Crippen molar-refractivity contribution in [3.05, 3.63) is 52.0 Å². The first-order valence-electron chi connectivity index (χ1n) is 7.78. The third-order valence-electron chi connectivity index (χ3n) is 4.02. The molecule has 0 bridgehead atoms. The fraction of sp³-hybridized carbons (Fsp3) is 0.222. The summed E-state index contributed by atoms with van der Waals surface area (Å²) in [4.78, 5) is 24.8. The smallest absolute Gasteiger partial charge is 0.420 e. The first kappa shape index (κ1) is 17.9. The number of methoxy groups -OCH3 is 2. The van der Waals surface area contributed by atoms with Crippen LogP contribution >= 0.6 is 11.6 Å². The molecule has 0 saturated carbocycles. The number of nitrogens with one attached hydrogen (secondary N) is 1. The lowest BCUT2D eigenvalue weighted by Crippen LogP contribution is -2.29. The van der Waals surface area contributed by atoms with Gasteiger partial charge in [0.05, 0.1) is 30.4 Å². The van der Waals surface area contributed by atoms with Crippen LogP contribution in [0.25, 0.3) is 11.1 Å². The van der Waals surface area contributed by atoms with Gasteiger partial charge in [-0.1, -0.05) is 23.7 Å². The van der Waals surface area contributed by atoms with E-state index in [-0.39, 0.29) is 0 Å². The summed E-state index contributed by atoms with van der Waals surface area (Å²) < 4.78 is 16.9. The minimum Gasteiger partial charge on any atom is -0.495 e. The summed E-state index contributed by atoms with van der Waals surface area (Å²) in [6, 6.07) is 9.20. The summed E-state index contributed by atoms with van der Waals surface area (Å²) in [6.45, 7) is 1.61. The topological polar surface area (TPSA) is 82.7 Å². The molecule has 26 heavy (non-hydrogen) atoms. The number of benzene rings is 2. The summed E-state index contributed by atoms with van der Waals surface area (Å²) in [5.74, 6) is -0.213. The van der Waals surface area contributed by atoms with Gasteiger partial charge >= 0.3 is 5.76 Å². The number of nitrogens with zero attached hydrogens (tertiary/aromatic N) is 1. The van der Waals surface area contributed by atoms with E-state index in [0.717, 1.165) is 0 Å². The molecule has 1 heterocycles. The Bertz CT molecular complexity index is 1020. The van der Waals surface area contributed by atoms with E-state index >= 15 is 0 Å². The molecule has 136 valence electrons. The quantitative estimate of drug-likeness (QED) is 0.737. The van der Waals surface area contributed by atoms with Crippen molar-refractivity contribution in [3.63, 3.8) is 0 Å². The Morgan fingerprint density at radius 2 is 1.88 bits per heavy atom. The second-order valence-electron chi connectivity index (χ2n) is 5.56. The Kier molecular flexibility index (Phi) is 4.90. The Balaban J connectivity index is 1.94. The molecule has 7 nitrogen and oxygen atoms in total. The number of carbonyl (C=O) groups excluding carboxylic acids is 1. The first-order valence-corrected chi connectivity index (χ1v) is 8.16. The van der Waals surface area contributed by atoms with E-state index < -0.39 is 17.7 Å². The molecule has 0 aliphatic rings. The highest BCUT2D eigenvalue weighted by Crippen LogP contribution is 2.36. The zero-order chi connectivity index (χ0) is 18.8. The summed E-state index contributed by atoms with van der Waals surface area (Å²) >= 11 is 6.12. The fourth-order valence-corrected chi connectivity index (χ4v) is 2.90. The lowest BCUT2D eigenvalue weighted by molar-refractivity contribution is -0.118. The van der Waals surface area contributed by atoms with E-state index in [0.29, 0.717) is 33.3 Å². The van der Waals surface area contributed by atoms with Gasteiger partial charge in [0.15, 0.2) is 5.58 Å². The van der Waals surface area contributed by atoms with Crippen LogP contribution in [0.1, 0.15) is 13.0 Å². The van der Waals surface area contributed by atoms with Crippen molar-refractivity contribution in [2.45, 2.75) is 13.0 Å². The van der Waals surface area contributed by atoms with Gasteiger partial charge < -0.3 is 19.2 Å². The molecule has 0 aliphatic heterocycles. The number of rotatable bonds is 5. The average Bonchev–Trinajstić information content (AvgIpc) is 2.97. The number of ether oxygens (including phenoxy) is 2. The average molecular weight is 377 g/mol. The van der Waals surface area contributed by atoms with E-state index in [4.69, 9.17) is 25.5 Å². The van der Waals surface area contributed by atoms with Crippen LogP contribution in [0.2, 0.25) is 5.02 Å². The van der Waals surface area contributed by atoms with Crippen LogP contribution in [0.4, 0.5) is 5.69 Å². The highest BCUT2D eigenvalue weighted by Gasteiger charge is 2.22. The number of aromatic nitrogens is 1. The van der Waals surface area contributed by atoms with E-state index in [2.05, 4.69) is 5.32 Å². The molecule has 1 N–H and O–H groups in total. The van der Waals surface area contributed by atoms with Crippen molar-refractivity contribution >= 4 is 34.3 Å². The van der Waals surface area contributed by atoms with Crippen molar-refractivity contribution in [1.29, 1.82) is 0 Å². The van der Waals surface area contributed by atoms with Gasteiger partial charge in [-0.25, -0.2) is 4.79 Å². The number of oxazole rings is 1. The predicted octanol–water partition coefficient (Wildman–Crippen LogP) is 3.46. The van der Waals surface area contributed by atoms with Crippen molar-refractivity contribution in [2.75, 3.05) is 19.5 Å². The summed E-state index contributed by atoms with van der Waals surface area (Å²) in [6.07, 6.45) is 0. The molecule has 3 rings (SSSR count). The maximum Gasteiger partial charge on any atom is 0.420 e. The Morgan fingerprint density at radius 3 is 2.58 bits per heavy atom. The number of fused-ring (bicyclic) bond motifs is 1. The molecule has 0 spiro atoms. The molecule has 1 amide bonds. The highest BCUT2D eigenvalue weighted by molar-refractivity contribution is 6.32.